The SMILES string of the molecule is CCCNc1cnc(C(C)C)nc1C(=O)N1CCCCC1. The molecule has 0 spiro atoms. The molecule has 1 fully saturated rings. The Balaban J connectivity index is 2.27. The summed E-state index contributed by atoms with van der Waals surface area (Å²) in [5.74, 6) is 0.994. The first kappa shape index (κ1) is 15.7. The Bertz CT molecular complexity index is 481. The smallest absolute Gasteiger partial charge is 0.274 e. The molecule has 5 nitrogen and oxygen atoms in total. The van der Waals surface area contributed by atoms with E-state index in [-0.39, 0.29) is 11.8 Å². The first-order valence-electron chi connectivity index (χ1n) is 8.03. The van der Waals surface area contributed by atoms with Crippen molar-refractivity contribution in [3.8, 4) is 0 Å². The number of rotatable bonds is 5. The Kier molecular flexibility index (Phi) is 5.53. The molecule has 0 aromatic carbocycles. The molecule has 116 valence electrons. The monoisotopic (exact) mass is 290 g/mol. The molecule has 2 heterocycles. The van der Waals surface area contributed by atoms with Crippen molar-refractivity contribution in [3.63, 3.8) is 0 Å². The van der Waals surface area contributed by atoms with Crippen LogP contribution in [0.3, 0.4) is 0 Å². The van der Waals surface area contributed by atoms with E-state index in [1.54, 1.807) is 6.20 Å². The summed E-state index contributed by atoms with van der Waals surface area (Å²) in [6.07, 6.45) is 6.15. The van der Waals surface area contributed by atoms with Crippen LogP contribution >= 0.6 is 0 Å². The van der Waals surface area contributed by atoms with Gasteiger partial charge in [-0.3, -0.25) is 4.79 Å². The van der Waals surface area contributed by atoms with Gasteiger partial charge < -0.3 is 10.2 Å². The van der Waals surface area contributed by atoms with Crippen LogP contribution in [0.15, 0.2) is 6.20 Å². The van der Waals surface area contributed by atoms with Gasteiger partial charge in [-0.25, -0.2) is 9.97 Å². The van der Waals surface area contributed by atoms with Gasteiger partial charge in [0.25, 0.3) is 5.91 Å². The van der Waals surface area contributed by atoms with Gasteiger partial charge in [0.2, 0.25) is 0 Å². The van der Waals surface area contributed by atoms with E-state index in [4.69, 9.17) is 0 Å². The van der Waals surface area contributed by atoms with Crippen molar-refractivity contribution in [1.82, 2.24) is 14.9 Å². The molecular formula is C16H26N4O. The van der Waals surface area contributed by atoms with Gasteiger partial charge in [0.05, 0.1) is 11.9 Å². The average Bonchev–Trinajstić information content (AvgIpc) is 2.52. The lowest BCUT2D eigenvalue weighted by Gasteiger charge is -2.27. The second-order valence-corrected chi connectivity index (χ2v) is 5.92. The van der Waals surface area contributed by atoms with E-state index in [0.29, 0.717) is 5.69 Å². The molecule has 5 heteroatoms. The summed E-state index contributed by atoms with van der Waals surface area (Å²) in [5.41, 5.74) is 1.29. The van der Waals surface area contributed by atoms with Crippen LogP contribution in [0.1, 0.15) is 68.7 Å². The Labute approximate surface area is 127 Å². The van der Waals surface area contributed by atoms with E-state index in [2.05, 4.69) is 22.2 Å². The third kappa shape index (κ3) is 3.93. The third-order valence-corrected chi connectivity index (χ3v) is 3.74. The van der Waals surface area contributed by atoms with Crippen molar-refractivity contribution < 1.29 is 4.79 Å². The van der Waals surface area contributed by atoms with Crippen molar-refractivity contribution >= 4 is 11.6 Å². The molecule has 0 bridgehead atoms. The minimum absolute atomic E-state index is 0.0394. The molecule has 0 aliphatic carbocycles. The fourth-order valence-electron chi connectivity index (χ4n) is 2.47. The van der Waals surface area contributed by atoms with Crippen LogP contribution in [0.25, 0.3) is 0 Å². The topological polar surface area (TPSA) is 58.1 Å². The molecule has 1 aromatic rings. The Hall–Kier alpha value is -1.65. The maximum absolute atomic E-state index is 12.8. The Morgan fingerprint density at radius 2 is 2.05 bits per heavy atom. The number of nitrogens with one attached hydrogen (secondary N) is 1. The minimum Gasteiger partial charge on any atom is -0.382 e. The van der Waals surface area contributed by atoms with Crippen LogP contribution < -0.4 is 5.32 Å². The van der Waals surface area contributed by atoms with E-state index in [1.165, 1.54) is 6.42 Å². The van der Waals surface area contributed by atoms with Crippen LogP contribution in [-0.4, -0.2) is 40.4 Å². The van der Waals surface area contributed by atoms with E-state index in [1.807, 2.05) is 18.7 Å². The second kappa shape index (κ2) is 7.38. The summed E-state index contributed by atoms with van der Waals surface area (Å²) < 4.78 is 0. The minimum atomic E-state index is 0.0394. The highest BCUT2D eigenvalue weighted by Gasteiger charge is 2.23. The zero-order valence-corrected chi connectivity index (χ0v) is 13.4. The molecular weight excluding hydrogens is 264 g/mol. The lowest BCUT2D eigenvalue weighted by atomic mass is 10.1. The molecule has 0 atom stereocenters. The van der Waals surface area contributed by atoms with Crippen LogP contribution in [0, 0.1) is 0 Å². The molecule has 0 unspecified atom stereocenters. The van der Waals surface area contributed by atoms with Gasteiger partial charge in [-0.2, -0.15) is 0 Å². The van der Waals surface area contributed by atoms with Gasteiger partial charge in [0.1, 0.15) is 5.82 Å². The molecule has 1 saturated heterocycles. The normalized spacial score (nSPS) is 15.3. The van der Waals surface area contributed by atoms with Crippen LogP contribution in [-0.2, 0) is 0 Å². The zero-order valence-electron chi connectivity index (χ0n) is 13.4. The standard InChI is InChI=1S/C16H26N4O/c1-4-8-17-13-11-18-15(12(2)3)19-14(13)16(21)20-9-6-5-7-10-20/h11-12,17H,4-10H2,1-3H3. The molecule has 21 heavy (non-hydrogen) atoms. The van der Waals surface area contributed by atoms with Crippen LogP contribution in [0.4, 0.5) is 5.69 Å². The van der Waals surface area contributed by atoms with Gasteiger partial charge >= 0.3 is 0 Å². The van der Waals surface area contributed by atoms with Crippen molar-refractivity contribution in [1.29, 1.82) is 0 Å². The highest BCUT2D eigenvalue weighted by atomic mass is 16.2. The van der Waals surface area contributed by atoms with E-state index in [0.717, 1.165) is 50.4 Å². The second-order valence-electron chi connectivity index (χ2n) is 5.92. The number of aromatic nitrogens is 2. The van der Waals surface area contributed by atoms with Crippen LogP contribution in [0.5, 0.6) is 0 Å². The first-order valence-corrected chi connectivity index (χ1v) is 8.03. The number of hydrogen-bond acceptors (Lipinski definition) is 4. The van der Waals surface area contributed by atoms with E-state index >= 15 is 0 Å². The highest BCUT2D eigenvalue weighted by Crippen LogP contribution is 2.20. The summed E-state index contributed by atoms with van der Waals surface area (Å²) in [6.45, 7) is 8.69. The third-order valence-electron chi connectivity index (χ3n) is 3.74. The van der Waals surface area contributed by atoms with Crippen molar-refractivity contribution in [3.05, 3.63) is 17.7 Å². The quantitative estimate of drug-likeness (QED) is 0.905. The number of nitrogens with zero attached hydrogens (tertiary/aromatic N) is 3. The molecule has 1 N–H and O–H groups in total. The van der Waals surface area contributed by atoms with Gasteiger partial charge in [0.15, 0.2) is 5.69 Å². The molecule has 0 saturated carbocycles. The Morgan fingerprint density at radius 1 is 1.33 bits per heavy atom. The molecule has 0 radical (unpaired) electrons. The summed E-state index contributed by atoms with van der Waals surface area (Å²) in [6, 6.07) is 0. The van der Waals surface area contributed by atoms with Gasteiger partial charge in [0, 0.05) is 25.6 Å². The number of carbonyl (C=O) groups excluding carboxylic acids is 1. The van der Waals surface area contributed by atoms with Crippen molar-refractivity contribution in [2.45, 2.75) is 52.4 Å². The number of hydrogen-bond donors (Lipinski definition) is 1. The average molecular weight is 290 g/mol. The fourth-order valence-corrected chi connectivity index (χ4v) is 2.47. The summed E-state index contributed by atoms with van der Waals surface area (Å²) in [5, 5.41) is 3.28. The predicted octanol–water partition coefficient (Wildman–Crippen LogP) is 3.05. The van der Waals surface area contributed by atoms with Crippen LogP contribution in [0.2, 0.25) is 0 Å². The van der Waals surface area contributed by atoms with Crippen molar-refractivity contribution in [2.75, 3.05) is 25.0 Å². The zero-order chi connectivity index (χ0) is 15.2. The number of piperidine rings is 1. The van der Waals surface area contributed by atoms with E-state index in [9.17, 15) is 4.79 Å². The fraction of sp³-hybridized carbons (Fsp3) is 0.688. The first-order chi connectivity index (χ1) is 10.1. The Morgan fingerprint density at radius 3 is 2.67 bits per heavy atom. The number of anilines is 1. The van der Waals surface area contributed by atoms with Gasteiger partial charge in [-0.05, 0) is 25.7 Å². The number of carbonyl (C=O) groups is 1. The predicted molar refractivity (Wildman–Crippen MR) is 84.7 cm³/mol. The largest absolute Gasteiger partial charge is 0.382 e. The lowest BCUT2D eigenvalue weighted by molar-refractivity contribution is 0.0719. The van der Waals surface area contributed by atoms with Gasteiger partial charge in [-0.1, -0.05) is 20.8 Å². The number of likely N-dealkylation sites (tertiary alicyclic amines) is 1. The number of amides is 1. The maximum atomic E-state index is 12.8. The summed E-state index contributed by atoms with van der Waals surface area (Å²) in [7, 11) is 0. The molecule has 1 aromatic heterocycles. The molecule has 1 aliphatic heterocycles. The highest BCUT2D eigenvalue weighted by molar-refractivity contribution is 5.97. The lowest BCUT2D eigenvalue weighted by Crippen LogP contribution is -2.36. The molecule has 1 aliphatic rings. The summed E-state index contributed by atoms with van der Waals surface area (Å²) in [4.78, 5) is 23.6. The van der Waals surface area contributed by atoms with Crippen molar-refractivity contribution in [2.24, 2.45) is 0 Å². The summed E-state index contributed by atoms with van der Waals surface area (Å²) >= 11 is 0. The maximum Gasteiger partial charge on any atom is 0.274 e. The molecule has 2 rings (SSSR count). The molecule has 1 amide bonds. The van der Waals surface area contributed by atoms with E-state index < -0.39 is 0 Å². The van der Waals surface area contributed by atoms with Gasteiger partial charge in [-0.15, -0.1) is 0 Å².